The Bertz CT molecular complexity index is 472. The van der Waals surface area contributed by atoms with Crippen LogP contribution in [0.25, 0.3) is 0 Å². The van der Waals surface area contributed by atoms with Crippen LogP contribution in [-0.2, 0) is 16.8 Å². The van der Waals surface area contributed by atoms with Crippen molar-refractivity contribution in [2.75, 3.05) is 13.7 Å². The van der Waals surface area contributed by atoms with Crippen LogP contribution in [0.2, 0.25) is 0 Å². The summed E-state index contributed by atoms with van der Waals surface area (Å²) in [5, 5.41) is 13.0. The summed E-state index contributed by atoms with van der Waals surface area (Å²) >= 11 is 0. The molecule has 1 atom stereocenters. The zero-order valence-corrected chi connectivity index (χ0v) is 11.5. The first-order chi connectivity index (χ1) is 9.14. The molecule has 0 saturated carbocycles. The van der Waals surface area contributed by atoms with Crippen LogP contribution in [-0.4, -0.2) is 24.7 Å². The highest BCUT2D eigenvalue weighted by Crippen LogP contribution is 2.37. The zero-order valence-electron chi connectivity index (χ0n) is 11.5. The van der Waals surface area contributed by atoms with Crippen LogP contribution in [0.3, 0.4) is 0 Å². The highest BCUT2D eigenvalue weighted by Gasteiger charge is 2.43. The van der Waals surface area contributed by atoms with Crippen molar-refractivity contribution in [1.82, 2.24) is 5.32 Å². The maximum Gasteiger partial charge on any atom is 0.328 e. The van der Waals surface area contributed by atoms with Crippen LogP contribution in [0.4, 0.5) is 0 Å². The Morgan fingerprint density at radius 2 is 2.32 bits per heavy atom. The van der Waals surface area contributed by atoms with Crippen molar-refractivity contribution >= 4 is 5.97 Å². The smallest absolute Gasteiger partial charge is 0.328 e. The molecule has 1 aliphatic carbocycles. The van der Waals surface area contributed by atoms with E-state index < -0.39 is 11.5 Å². The molecule has 2 N–H and O–H groups in total. The summed E-state index contributed by atoms with van der Waals surface area (Å²) in [6, 6.07) is 5.75. The third kappa shape index (κ3) is 2.45. The van der Waals surface area contributed by atoms with Gasteiger partial charge in [-0.3, -0.25) is 5.32 Å². The molecule has 4 heteroatoms. The van der Waals surface area contributed by atoms with E-state index >= 15 is 0 Å². The van der Waals surface area contributed by atoms with E-state index in [9.17, 15) is 9.90 Å². The minimum Gasteiger partial charge on any atom is -0.497 e. The third-order valence-corrected chi connectivity index (χ3v) is 3.82. The summed E-state index contributed by atoms with van der Waals surface area (Å²) in [5.74, 6) is -0.0836. The van der Waals surface area contributed by atoms with Crippen molar-refractivity contribution in [3.05, 3.63) is 29.3 Å². The molecule has 1 unspecified atom stereocenters. The van der Waals surface area contributed by atoms with Crippen molar-refractivity contribution in [3.63, 3.8) is 0 Å². The van der Waals surface area contributed by atoms with Crippen molar-refractivity contribution in [2.45, 2.75) is 38.1 Å². The van der Waals surface area contributed by atoms with Crippen LogP contribution in [0.15, 0.2) is 18.2 Å². The summed E-state index contributed by atoms with van der Waals surface area (Å²) in [6.45, 7) is 2.74. The molecule has 0 bridgehead atoms. The van der Waals surface area contributed by atoms with Crippen molar-refractivity contribution in [3.8, 4) is 5.75 Å². The summed E-state index contributed by atoms with van der Waals surface area (Å²) in [6.07, 6.45) is 3.36. The van der Waals surface area contributed by atoms with Gasteiger partial charge in [0.25, 0.3) is 0 Å². The van der Waals surface area contributed by atoms with Gasteiger partial charge in [0.1, 0.15) is 11.3 Å². The average Bonchev–Trinajstić information content (AvgIpc) is 2.44. The van der Waals surface area contributed by atoms with E-state index in [0.29, 0.717) is 18.7 Å². The fourth-order valence-corrected chi connectivity index (χ4v) is 2.80. The number of carboxylic acids is 1. The Balaban J connectivity index is 2.49. The number of aliphatic carboxylic acids is 1. The van der Waals surface area contributed by atoms with E-state index in [4.69, 9.17) is 4.74 Å². The highest BCUT2D eigenvalue weighted by molar-refractivity contribution is 5.82. The molecular formula is C15H21NO3. The fourth-order valence-electron chi connectivity index (χ4n) is 2.80. The van der Waals surface area contributed by atoms with Gasteiger partial charge in [-0.2, -0.15) is 0 Å². The van der Waals surface area contributed by atoms with Gasteiger partial charge in [0.2, 0.25) is 0 Å². The minimum absolute atomic E-state index is 0.627. The monoisotopic (exact) mass is 263 g/mol. The molecule has 0 amide bonds. The number of carbonyl (C=O) groups is 1. The normalized spacial score (nSPS) is 21.8. The maximum atomic E-state index is 11.8. The number of nitrogens with one attached hydrogen (secondary N) is 1. The summed E-state index contributed by atoms with van der Waals surface area (Å²) in [4.78, 5) is 11.8. The van der Waals surface area contributed by atoms with Crippen LogP contribution >= 0.6 is 0 Å². The topological polar surface area (TPSA) is 58.6 Å². The lowest BCUT2D eigenvalue weighted by atomic mass is 9.76. The number of aryl methyl sites for hydroxylation is 1. The largest absolute Gasteiger partial charge is 0.497 e. The standard InChI is InChI=1S/C15H21NO3/c1-3-9-16-15(14(17)18)8-4-5-11-6-7-12(19-2)10-13(11)15/h6-7,10,16H,3-5,8-9H2,1-2H3,(H,17,18). The quantitative estimate of drug-likeness (QED) is 0.856. The second-order valence-electron chi connectivity index (χ2n) is 5.01. The average molecular weight is 263 g/mol. The molecule has 1 aromatic rings. The van der Waals surface area contributed by atoms with E-state index in [1.807, 2.05) is 25.1 Å². The Morgan fingerprint density at radius 1 is 1.53 bits per heavy atom. The summed E-state index contributed by atoms with van der Waals surface area (Å²) < 4.78 is 5.24. The van der Waals surface area contributed by atoms with Gasteiger partial charge in [0, 0.05) is 0 Å². The molecule has 0 aromatic heterocycles. The SMILES string of the molecule is CCCNC1(C(=O)O)CCCc2ccc(OC)cc21. The summed E-state index contributed by atoms with van der Waals surface area (Å²) in [7, 11) is 1.60. The van der Waals surface area contributed by atoms with Gasteiger partial charge in [0.05, 0.1) is 7.11 Å². The van der Waals surface area contributed by atoms with Crippen LogP contribution in [0.1, 0.15) is 37.3 Å². The van der Waals surface area contributed by atoms with Gasteiger partial charge in [-0.25, -0.2) is 4.79 Å². The van der Waals surface area contributed by atoms with E-state index in [0.717, 1.165) is 30.4 Å². The number of fused-ring (bicyclic) bond motifs is 1. The lowest BCUT2D eigenvalue weighted by molar-refractivity contribution is -0.146. The first-order valence-corrected chi connectivity index (χ1v) is 6.80. The van der Waals surface area contributed by atoms with E-state index in [1.165, 1.54) is 0 Å². The molecule has 0 heterocycles. The Hall–Kier alpha value is -1.55. The van der Waals surface area contributed by atoms with Crippen molar-refractivity contribution in [1.29, 1.82) is 0 Å². The number of rotatable bonds is 5. The molecule has 104 valence electrons. The highest BCUT2D eigenvalue weighted by atomic mass is 16.5. The van der Waals surface area contributed by atoms with Crippen molar-refractivity contribution in [2.24, 2.45) is 0 Å². The fraction of sp³-hybridized carbons (Fsp3) is 0.533. The third-order valence-electron chi connectivity index (χ3n) is 3.82. The maximum absolute atomic E-state index is 11.8. The van der Waals surface area contributed by atoms with Gasteiger partial charge in [0.15, 0.2) is 0 Å². The molecule has 0 radical (unpaired) electrons. The minimum atomic E-state index is -0.960. The number of hydrogen-bond acceptors (Lipinski definition) is 3. The van der Waals surface area contributed by atoms with Gasteiger partial charge in [-0.1, -0.05) is 13.0 Å². The van der Waals surface area contributed by atoms with Gasteiger partial charge in [-0.15, -0.1) is 0 Å². The van der Waals surface area contributed by atoms with E-state index in [2.05, 4.69) is 5.32 Å². The Kier molecular flexibility index (Phi) is 4.10. The first-order valence-electron chi connectivity index (χ1n) is 6.80. The molecule has 4 nitrogen and oxygen atoms in total. The van der Waals surface area contributed by atoms with Crippen LogP contribution in [0.5, 0.6) is 5.75 Å². The molecule has 0 fully saturated rings. The summed E-state index contributed by atoms with van der Waals surface area (Å²) in [5.41, 5.74) is 1.01. The van der Waals surface area contributed by atoms with E-state index in [1.54, 1.807) is 7.11 Å². The molecule has 19 heavy (non-hydrogen) atoms. The Morgan fingerprint density at radius 3 is 2.95 bits per heavy atom. The van der Waals surface area contributed by atoms with Gasteiger partial charge < -0.3 is 9.84 Å². The second kappa shape index (κ2) is 5.61. The van der Waals surface area contributed by atoms with Gasteiger partial charge in [-0.05, 0) is 55.5 Å². The van der Waals surface area contributed by atoms with E-state index in [-0.39, 0.29) is 0 Å². The molecule has 0 spiro atoms. The lowest BCUT2D eigenvalue weighted by Gasteiger charge is -2.36. The number of carboxylic acid groups (broad SMARTS) is 1. The van der Waals surface area contributed by atoms with Crippen molar-refractivity contribution < 1.29 is 14.6 Å². The predicted octanol–water partition coefficient (Wildman–Crippen LogP) is 2.31. The molecular weight excluding hydrogens is 242 g/mol. The molecule has 1 aromatic carbocycles. The number of ether oxygens (including phenoxy) is 1. The molecule has 0 saturated heterocycles. The predicted molar refractivity (Wildman–Crippen MR) is 73.5 cm³/mol. The first kappa shape index (κ1) is 13.9. The molecule has 2 rings (SSSR count). The molecule has 1 aliphatic rings. The molecule has 0 aliphatic heterocycles. The zero-order chi connectivity index (χ0) is 13.9. The number of methoxy groups -OCH3 is 1. The van der Waals surface area contributed by atoms with Crippen LogP contribution in [0, 0.1) is 0 Å². The number of benzene rings is 1. The van der Waals surface area contributed by atoms with Gasteiger partial charge >= 0.3 is 5.97 Å². The number of hydrogen-bond donors (Lipinski definition) is 2. The second-order valence-corrected chi connectivity index (χ2v) is 5.01. The van der Waals surface area contributed by atoms with Crippen LogP contribution < -0.4 is 10.1 Å². The lowest BCUT2D eigenvalue weighted by Crippen LogP contribution is -2.51. The Labute approximate surface area is 113 Å².